The van der Waals surface area contributed by atoms with Crippen LogP contribution in [0.1, 0.15) is 37.8 Å². The van der Waals surface area contributed by atoms with Crippen LogP contribution in [0, 0.1) is 18.6 Å². The van der Waals surface area contributed by atoms with Crippen molar-refractivity contribution in [3.05, 3.63) is 95.6 Å². The van der Waals surface area contributed by atoms with Crippen molar-refractivity contribution in [1.29, 1.82) is 0 Å². The van der Waals surface area contributed by atoms with E-state index in [1.807, 2.05) is 6.92 Å². The fourth-order valence-corrected chi connectivity index (χ4v) is 5.33. The van der Waals surface area contributed by atoms with Crippen LogP contribution in [0.15, 0.2) is 77.7 Å². The Morgan fingerprint density at radius 2 is 1.59 bits per heavy atom. The quantitative estimate of drug-likeness (QED) is 0.324. The maximum atomic E-state index is 14.9. The molecule has 39 heavy (non-hydrogen) atoms. The van der Waals surface area contributed by atoms with Gasteiger partial charge in [0.2, 0.25) is 11.8 Å². The molecule has 0 aliphatic heterocycles. The number of nitrogens with one attached hydrogen (secondary N) is 1. The molecule has 0 saturated carbocycles. The Morgan fingerprint density at radius 3 is 2.21 bits per heavy atom. The Labute approximate surface area is 228 Å². The van der Waals surface area contributed by atoms with E-state index in [1.54, 1.807) is 19.1 Å². The molecule has 0 aliphatic carbocycles. The topological polar surface area (TPSA) is 86.8 Å². The Hall–Kier alpha value is -3.79. The number of amides is 2. The number of rotatable bonds is 12. The lowest BCUT2D eigenvalue weighted by Gasteiger charge is -2.32. The maximum Gasteiger partial charge on any atom is 0.264 e. The summed E-state index contributed by atoms with van der Waals surface area (Å²) in [7, 11) is -4.37. The maximum absolute atomic E-state index is 14.9. The zero-order valence-electron chi connectivity index (χ0n) is 22.2. The van der Waals surface area contributed by atoms with Crippen molar-refractivity contribution in [3.8, 4) is 0 Å². The fourth-order valence-electron chi connectivity index (χ4n) is 3.91. The number of para-hydroxylation sites is 1. The molecule has 3 aromatic carbocycles. The Balaban J connectivity index is 2.00. The molecule has 0 radical (unpaired) electrons. The fraction of sp³-hybridized carbons (Fsp3) is 0.310. The van der Waals surface area contributed by atoms with Gasteiger partial charge < -0.3 is 10.2 Å². The number of hydrogen-bond donors (Lipinski definition) is 1. The molecule has 3 rings (SSSR count). The van der Waals surface area contributed by atoms with Crippen molar-refractivity contribution in [1.82, 2.24) is 10.2 Å². The van der Waals surface area contributed by atoms with E-state index in [9.17, 15) is 26.8 Å². The monoisotopic (exact) mass is 557 g/mol. The predicted molar refractivity (Wildman–Crippen MR) is 146 cm³/mol. The molecule has 2 amide bonds. The molecule has 208 valence electrons. The lowest BCUT2D eigenvalue weighted by Crippen LogP contribution is -2.51. The van der Waals surface area contributed by atoms with Crippen LogP contribution in [0.4, 0.5) is 14.5 Å². The number of nitrogens with zero attached hydrogens (tertiary/aromatic N) is 2. The molecule has 0 spiro atoms. The van der Waals surface area contributed by atoms with Gasteiger partial charge in [0.1, 0.15) is 24.2 Å². The summed E-state index contributed by atoms with van der Waals surface area (Å²) in [5, 5.41) is 2.78. The minimum atomic E-state index is -4.37. The zero-order valence-corrected chi connectivity index (χ0v) is 23.0. The number of sulfonamides is 1. The summed E-state index contributed by atoms with van der Waals surface area (Å²) in [6.07, 6.45) is 1.61. The van der Waals surface area contributed by atoms with Gasteiger partial charge in [-0.1, -0.05) is 55.3 Å². The highest BCUT2D eigenvalue weighted by Gasteiger charge is 2.33. The van der Waals surface area contributed by atoms with Gasteiger partial charge in [-0.15, -0.1) is 0 Å². The molecule has 1 atom stereocenters. The van der Waals surface area contributed by atoms with E-state index in [-0.39, 0.29) is 17.1 Å². The van der Waals surface area contributed by atoms with E-state index in [2.05, 4.69) is 5.32 Å². The van der Waals surface area contributed by atoms with Crippen molar-refractivity contribution in [3.63, 3.8) is 0 Å². The highest BCUT2D eigenvalue weighted by Crippen LogP contribution is 2.27. The molecular weight excluding hydrogens is 524 g/mol. The number of halogens is 2. The summed E-state index contributed by atoms with van der Waals surface area (Å²) < 4.78 is 56.5. The van der Waals surface area contributed by atoms with Gasteiger partial charge in [0.05, 0.1) is 10.6 Å². The summed E-state index contributed by atoms with van der Waals surface area (Å²) in [6, 6.07) is 15.7. The van der Waals surface area contributed by atoms with E-state index >= 15 is 0 Å². The van der Waals surface area contributed by atoms with Crippen LogP contribution < -0.4 is 9.62 Å². The van der Waals surface area contributed by atoms with E-state index < -0.39 is 46.1 Å². The first-order chi connectivity index (χ1) is 18.5. The molecular formula is C29H33F2N3O4S. The summed E-state index contributed by atoms with van der Waals surface area (Å²) in [6.45, 7) is 4.88. The third-order valence-corrected chi connectivity index (χ3v) is 8.05. The normalized spacial score (nSPS) is 12.0. The number of aryl methyl sites for hydroxylation is 1. The van der Waals surface area contributed by atoms with Gasteiger partial charge in [-0.2, -0.15) is 0 Å². The minimum absolute atomic E-state index is 0.0861. The molecule has 0 saturated heterocycles. The van der Waals surface area contributed by atoms with Crippen LogP contribution in [-0.4, -0.2) is 44.3 Å². The Kier molecular flexibility index (Phi) is 10.2. The first-order valence-electron chi connectivity index (χ1n) is 12.7. The average Bonchev–Trinajstić information content (AvgIpc) is 2.91. The van der Waals surface area contributed by atoms with Gasteiger partial charge >= 0.3 is 0 Å². The van der Waals surface area contributed by atoms with Crippen molar-refractivity contribution in [2.75, 3.05) is 17.4 Å². The van der Waals surface area contributed by atoms with Crippen molar-refractivity contribution < 1.29 is 26.8 Å². The Bertz CT molecular complexity index is 1380. The third kappa shape index (κ3) is 7.63. The molecule has 0 aromatic heterocycles. The van der Waals surface area contributed by atoms with Crippen LogP contribution in [-0.2, 0) is 26.2 Å². The number of unbranched alkanes of at least 4 members (excludes halogenated alkanes) is 1. The van der Waals surface area contributed by atoms with Gasteiger partial charge in [-0.05, 0) is 62.2 Å². The molecule has 1 N–H and O–H groups in total. The average molecular weight is 558 g/mol. The highest BCUT2D eigenvalue weighted by molar-refractivity contribution is 7.92. The lowest BCUT2D eigenvalue weighted by molar-refractivity contribution is -0.139. The Morgan fingerprint density at radius 1 is 0.949 bits per heavy atom. The van der Waals surface area contributed by atoms with E-state index in [4.69, 9.17) is 0 Å². The van der Waals surface area contributed by atoms with Crippen LogP contribution in [0.3, 0.4) is 0 Å². The first kappa shape index (κ1) is 29.8. The van der Waals surface area contributed by atoms with Gasteiger partial charge in [0.15, 0.2) is 0 Å². The summed E-state index contributed by atoms with van der Waals surface area (Å²) in [4.78, 5) is 27.8. The van der Waals surface area contributed by atoms with Crippen molar-refractivity contribution in [2.24, 2.45) is 0 Å². The lowest BCUT2D eigenvalue weighted by atomic mass is 10.1. The molecule has 0 fully saturated rings. The molecule has 1 unspecified atom stereocenters. The molecule has 7 nitrogen and oxygen atoms in total. The first-order valence-corrected chi connectivity index (χ1v) is 14.1. The van der Waals surface area contributed by atoms with E-state index in [0.29, 0.717) is 16.4 Å². The summed E-state index contributed by atoms with van der Waals surface area (Å²) in [5.74, 6) is -2.43. The second-order valence-corrected chi connectivity index (χ2v) is 11.1. The third-order valence-electron chi connectivity index (χ3n) is 6.27. The minimum Gasteiger partial charge on any atom is -0.354 e. The standard InChI is InChI=1S/C29H33F2N3O4S/c1-4-5-18-32-29(36)22(3)33(19-23-12-14-24(30)15-13-23)28(35)20-34(27-9-7-6-8-26(27)31)39(37,38)25-16-10-21(2)11-17-25/h6-17,22H,4-5,18-20H2,1-3H3,(H,32,36). The molecule has 0 aliphatic rings. The summed E-state index contributed by atoms with van der Waals surface area (Å²) in [5.41, 5.74) is 1.07. The smallest absolute Gasteiger partial charge is 0.264 e. The number of anilines is 1. The zero-order chi connectivity index (χ0) is 28.6. The second kappa shape index (κ2) is 13.3. The van der Waals surface area contributed by atoms with Crippen LogP contribution >= 0.6 is 0 Å². The van der Waals surface area contributed by atoms with Crippen molar-refractivity contribution >= 4 is 27.5 Å². The molecule has 10 heteroatoms. The molecule has 0 bridgehead atoms. The van der Waals surface area contributed by atoms with Gasteiger partial charge in [0.25, 0.3) is 10.0 Å². The number of hydrogen-bond acceptors (Lipinski definition) is 4. The molecule has 0 heterocycles. The van der Waals surface area contributed by atoms with Crippen LogP contribution in [0.25, 0.3) is 0 Å². The van der Waals surface area contributed by atoms with E-state index in [1.165, 1.54) is 66.4 Å². The van der Waals surface area contributed by atoms with Crippen molar-refractivity contribution in [2.45, 2.75) is 51.1 Å². The number of carbonyl (C=O) groups excluding carboxylic acids is 2. The van der Waals surface area contributed by atoms with E-state index in [0.717, 1.165) is 24.5 Å². The summed E-state index contributed by atoms with van der Waals surface area (Å²) >= 11 is 0. The molecule has 3 aromatic rings. The highest BCUT2D eigenvalue weighted by atomic mass is 32.2. The predicted octanol–water partition coefficient (Wildman–Crippen LogP) is 4.80. The largest absolute Gasteiger partial charge is 0.354 e. The van der Waals surface area contributed by atoms with Crippen LogP contribution in [0.2, 0.25) is 0 Å². The number of carbonyl (C=O) groups is 2. The van der Waals surface area contributed by atoms with Gasteiger partial charge in [0, 0.05) is 13.1 Å². The van der Waals surface area contributed by atoms with Crippen LogP contribution in [0.5, 0.6) is 0 Å². The van der Waals surface area contributed by atoms with Gasteiger partial charge in [-0.25, -0.2) is 17.2 Å². The second-order valence-electron chi connectivity index (χ2n) is 9.24. The number of benzene rings is 3. The SMILES string of the molecule is CCCCNC(=O)C(C)N(Cc1ccc(F)cc1)C(=O)CN(c1ccccc1F)S(=O)(=O)c1ccc(C)cc1. The van der Waals surface area contributed by atoms with Gasteiger partial charge in [-0.3, -0.25) is 13.9 Å².